The second-order valence-corrected chi connectivity index (χ2v) is 5.64. The average Bonchev–Trinajstić information content (AvgIpc) is 2.88. The SMILES string of the molecule is O=C(O)c1cc(F)cc(-c2cccc3c2-c2ccccc2C3=O)c1. The number of carboxylic acids is 1. The zero-order valence-corrected chi connectivity index (χ0v) is 12.4. The van der Waals surface area contributed by atoms with Crippen LogP contribution in [0.25, 0.3) is 22.3 Å². The third-order valence-corrected chi connectivity index (χ3v) is 4.21. The lowest BCUT2D eigenvalue weighted by molar-refractivity contribution is 0.0696. The Morgan fingerprint density at radius 1 is 0.833 bits per heavy atom. The van der Waals surface area contributed by atoms with Crippen LogP contribution in [-0.4, -0.2) is 16.9 Å². The summed E-state index contributed by atoms with van der Waals surface area (Å²) < 4.78 is 13.9. The van der Waals surface area contributed by atoms with Gasteiger partial charge in [0.05, 0.1) is 5.56 Å². The summed E-state index contributed by atoms with van der Waals surface area (Å²) >= 11 is 0. The van der Waals surface area contributed by atoms with Crippen molar-refractivity contribution in [3.8, 4) is 22.3 Å². The molecule has 3 aromatic rings. The molecular formula is C20H11FO3. The maximum atomic E-state index is 13.9. The first kappa shape index (κ1) is 14.3. The minimum Gasteiger partial charge on any atom is -0.478 e. The second-order valence-electron chi connectivity index (χ2n) is 5.64. The van der Waals surface area contributed by atoms with Gasteiger partial charge in [-0.3, -0.25) is 4.79 Å². The van der Waals surface area contributed by atoms with Crippen molar-refractivity contribution >= 4 is 11.8 Å². The number of halogens is 1. The maximum Gasteiger partial charge on any atom is 0.335 e. The number of benzene rings is 3. The van der Waals surface area contributed by atoms with Gasteiger partial charge >= 0.3 is 5.97 Å². The molecule has 0 bridgehead atoms. The number of hydrogen-bond donors (Lipinski definition) is 1. The van der Waals surface area contributed by atoms with E-state index < -0.39 is 11.8 Å². The first-order valence-electron chi connectivity index (χ1n) is 7.37. The molecule has 0 saturated heterocycles. The fourth-order valence-corrected chi connectivity index (χ4v) is 3.19. The maximum absolute atomic E-state index is 13.9. The molecule has 0 saturated carbocycles. The third-order valence-electron chi connectivity index (χ3n) is 4.21. The van der Waals surface area contributed by atoms with Crippen molar-refractivity contribution in [2.24, 2.45) is 0 Å². The molecule has 0 amide bonds. The Morgan fingerprint density at radius 2 is 1.50 bits per heavy atom. The summed E-state index contributed by atoms with van der Waals surface area (Å²) in [6.07, 6.45) is 0. The topological polar surface area (TPSA) is 54.4 Å². The first-order chi connectivity index (χ1) is 11.6. The molecule has 4 rings (SSSR count). The van der Waals surface area contributed by atoms with E-state index in [0.29, 0.717) is 22.3 Å². The molecule has 0 aliphatic heterocycles. The Labute approximate surface area is 137 Å². The number of aromatic carboxylic acids is 1. The van der Waals surface area contributed by atoms with Crippen LogP contribution in [0.3, 0.4) is 0 Å². The average molecular weight is 318 g/mol. The lowest BCUT2D eigenvalue weighted by Gasteiger charge is -2.10. The summed E-state index contributed by atoms with van der Waals surface area (Å²) in [6, 6.07) is 16.2. The van der Waals surface area contributed by atoms with Crippen LogP contribution < -0.4 is 0 Å². The van der Waals surface area contributed by atoms with Crippen LogP contribution in [0.2, 0.25) is 0 Å². The van der Waals surface area contributed by atoms with E-state index in [1.54, 1.807) is 30.3 Å². The van der Waals surface area contributed by atoms with Crippen molar-refractivity contribution in [2.75, 3.05) is 0 Å². The molecule has 0 heterocycles. The van der Waals surface area contributed by atoms with Gasteiger partial charge in [-0.05, 0) is 34.9 Å². The molecule has 3 nitrogen and oxygen atoms in total. The van der Waals surface area contributed by atoms with Crippen molar-refractivity contribution in [1.82, 2.24) is 0 Å². The Bertz CT molecular complexity index is 1020. The number of carbonyl (C=O) groups excluding carboxylic acids is 1. The molecule has 1 aliphatic carbocycles. The van der Waals surface area contributed by atoms with Gasteiger partial charge in [0.25, 0.3) is 0 Å². The number of ketones is 1. The van der Waals surface area contributed by atoms with Crippen LogP contribution in [0, 0.1) is 5.82 Å². The van der Waals surface area contributed by atoms with Crippen molar-refractivity contribution in [2.45, 2.75) is 0 Å². The quantitative estimate of drug-likeness (QED) is 0.596. The van der Waals surface area contributed by atoms with E-state index in [4.69, 9.17) is 5.11 Å². The minimum atomic E-state index is -1.19. The van der Waals surface area contributed by atoms with E-state index in [1.165, 1.54) is 12.1 Å². The highest BCUT2D eigenvalue weighted by atomic mass is 19.1. The molecular weight excluding hydrogens is 307 g/mol. The molecule has 0 unspecified atom stereocenters. The van der Waals surface area contributed by atoms with Crippen LogP contribution in [-0.2, 0) is 0 Å². The standard InChI is InChI=1S/C20H11FO3/c21-13-9-11(8-12(10-13)20(23)24)14-6-3-7-17-18(14)15-4-1-2-5-16(15)19(17)22/h1-10H,(H,23,24). The van der Waals surface area contributed by atoms with Crippen molar-refractivity contribution in [3.63, 3.8) is 0 Å². The summed E-state index contributed by atoms with van der Waals surface area (Å²) in [5.41, 5.74) is 3.63. The fourth-order valence-electron chi connectivity index (χ4n) is 3.19. The monoisotopic (exact) mass is 318 g/mol. The highest BCUT2D eigenvalue weighted by Crippen LogP contribution is 2.42. The predicted octanol–water partition coefficient (Wildman–Crippen LogP) is 4.40. The highest BCUT2D eigenvalue weighted by Gasteiger charge is 2.28. The molecule has 1 N–H and O–H groups in total. The summed E-state index contributed by atoms with van der Waals surface area (Å²) in [7, 11) is 0. The molecule has 0 radical (unpaired) electrons. The number of hydrogen-bond acceptors (Lipinski definition) is 2. The van der Waals surface area contributed by atoms with Crippen molar-refractivity contribution in [3.05, 3.63) is 83.2 Å². The summed E-state index contributed by atoms with van der Waals surface area (Å²) in [5, 5.41) is 9.15. The van der Waals surface area contributed by atoms with E-state index in [2.05, 4.69) is 0 Å². The number of carbonyl (C=O) groups is 2. The first-order valence-corrected chi connectivity index (χ1v) is 7.37. The van der Waals surface area contributed by atoms with Crippen molar-refractivity contribution in [1.29, 1.82) is 0 Å². The molecule has 4 heteroatoms. The number of rotatable bonds is 2. The van der Waals surface area contributed by atoms with Gasteiger partial charge in [-0.2, -0.15) is 0 Å². The Kier molecular flexibility index (Phi) is 3.06. The largest absolute Gasteiger partial charge is 0.478 e. The van der Waals surface area contributed by atoms with Crippen LogP contribution in [0.1, 0.15) is 26.3 Å². The Hall–Kier alpha value is -3.27. The van der Waals surface area contributed by atoms with Gasteiger partial charge in [-0.1, -0.05) is 42.5 Å². The van der Waals surface area contributed by atoms with Gasteiger partial charge in [-0.25, -0.2) is 9.18 Å². The Morgan fingerprint density at radius 3 is 2.25 bits per heavy atom. The fraction of sp³-hybridized carbons (Fsp3) is 0. The molecule has 1 aliphatic rings. The molecule has 0 aromatic heterocycles. The van der Waals surface area contributed by atoms with Gasteiger partial charge < -0.3 is 5.11 Å². The van der Waals surface area contributed by atoms with E-state index in [0.717, 1.165) is 17.2 Å². The smallest absolute Gasteiger partial charge is 0.335 e. The molecule has 0 fully saturated rings. The van der Waals surface area contributed by atoms with E-state index in [9.17, 15) is 14.0 Å². The summed E-state index contributed by atoms with van der Waals surface area (Å²) in [6.45, 7) is 0. The molecule has 24 heavy (non-hydrogen) atoms. The lowest BCUT2D eigenvalue weighted by atomic mass is 9.93. The zero-order chi connectivity index (χ0) is 16.8. The second kappa shape index (κ2) is 5.13. The van der Waals surface area contributed by atoms with Crippen LogP contribution in [0.5, 0.6) is 0 Å². The minimum absolute atomic E-state index is 0.0719. The third kappa shape index (κ3) is 2.04. The van der Waals surface area contributed by atoms with E-state index in [-0.39, 0.29) is 11.3 Å². The highest BCUT2D eigenvalue weighted by molar-refractivity contribution is 6.23. The molecule has 3 aromatic carbocycles. The predicted molar refractivity (Wildman–Crippen MR) is 87.7 cm³/mol. The lowest BCUT2D eigenvalue weighted by Crippen LogP contribution is -1.98. The van der Waals surface area contributed by atoms with Gasteiger partial charge in [0.1, 0.15) is 5.82 Å². The number of carboxylic acid groups (broad SMARTS) is 1. The summed E-state index contributed by atoms with van der Waals surface area (Å²) in [4.78, 5) is 23.7. The van der Waals surface area contributed by atoms with Crippen LogP contribution >= 0.6 is 0 Å². The molecule has 0 spiro atoms. The van der Waals surface area contributed by atoms with E-state index >= 15 is 0 Å². The van der Waals surface area contributed by atoms with Gasteiger partial charge in [0.15, 0.2) is 5.78 Å². The van der Waals surface area contributed by atoms with Crippen LogP contribution in [0.15, 0.2) is 60.7 Å². The molecule has 116 valence electrons. The Balaban J connectivity index is 2.02. The summed E-state index contributed by atoms with van der Waals surface area (Å²) in [5.74, 6) is -1.89. The zero-order valence-electron chi connectivity index (χ0n) is 12.4. The van der Waals surface area contributed by atoms with Gasteiger partial charge in [0, 0.05) is 16.7 Å². The molecule has 0 atom stereocenters. The van der Waals surface area contributed by atoms with Crippen molar-refractivity contribution < 1.29 is 19.1 Å². The van der Waals surface area contributed by atoms with Gasteiger partial charge in [0.2, 0.25) is 0 Å². The van der Waals surface area contributed by atoms with E-state index in [1.807, 2.05) is 12.1 Å². The normalized spacial score (nSPS) is 12.0. The van der Waals surface area contributed by atoms with Crippen LogP contribution in [0.4, 0.5) is 4.39 Å². The van der Waals surface area contributed by atoms with Gasteiger partial charge in [-0.15, -0.1) is 0 Å². The number of fused-ring (bicyclic) bond motifs is 3.